The Morgan fingerprint density at radius 3 is 1.89 bits per heavy atom. The molecule has 0 atom stereocenters. The van der Waals surface area contributed by atoms with E-state index in [9.17, 15) is 0 Å². The highest BCUT2D eigenvalue weighted by molar-refractivity contribution is 7.25. The van der Waals surface area contributed by atoms with Crippen molar-refractivity contribution in [2.45, 2.75) is 60.3 Å². The van der Waals surface area contributed by atoms with Gasteiger partial charge in [0.15, 0.2) is 0 Å². The van der Waals surface area contributed by atoms with Crippen LogP contribution in [0, 0.1) is 11.8 Å². The van der Waals surface area contributed by atoms with Crippen LogP contribution in [-0.2, 0) is 0 Å². The molecule has 0 fully saturated rings. The monoisotopic (exact) mass is 500 g/mol. The lowest BCUT2D eigenvalue weighted by molar-refractivity contribution is 0.286. The first-order chi connectivity index (χ1) is 17.2. The van der Waals surface area contributed by atoms with Crippen molar-refractivity contribution in [2.75, 3.05) is 13.2 Å². The van der Waals surface area contributed by atoms with Gasteiger partial charge in [0.2, 0.25) is 0 Å². The molecule has 4 aromatic rings. The van der Waals surface area contributed by atoms with Gasteiger partial charge >= 0.3 is 0 Å². The lowest BCUT2D eigenvalue weighted by Gasteiger charge is -2.16. The Morgan fingerprint density at radius 2 is 1.31 bits per heavy atom. The fraction of sp³-hybridized carbons (Fsp3) is 0.394. The number of fused-ring (bicyclic) bond motifs is 3. The summed E-state index contributed by atoms with van der Waals surface area (Å²) in [5.41, 5.74) is 4.46. The van der Waals surface area contributed by atoms with Crippen molar-refractivity contribution in [3.8, 4) is 11.5 Å². The Balaban J connectivity index is 1.83. The molecule has 0 aliphatic heterocycles. The van der Waals surface area contributed by atoms with Crippen molar-refractivity contribution in [1.82, 2.24) is 0 Å². The first-order valence-corrected chi connectivity index (χ1v) is 14.1. The second-order valence-electron chi connectivity index (χ2n) is 10.9. The van der Waals surface area contributed by atoms with Gasteiger partial charge < -0.3 is 9.47 Å². The van der Waals surface area contributed by atoms with Crippen molar-refractivity contribution in [3.63, 3.8) is 0 Å². The lowest BCUT2D eigenvalue weighted by Crippen LogP contribution is -2.04. The van der Waals surface area contributed by atoms with E-state index in [4.69, 9.17) is 9.47 Å². The molecule has 1 aromatic heterocycles. The zero-order valence-electron chi connectivity index (χ0n) is 22.7. The SMILES string of the molecule is C=C(c1ccccc1)c1cc2sc3cc(C(C)C)c(OCCC(C)C)cc3c2cc1OCCC(C)C. The molecule has 2 nitrogen and oxygen atoms in total. The second-order valence-corrected chi connectivity index (χ2v) is 12.0. The molecule has 0 bridgehead atoms. The smallest absolute Gasteiger partial charge is 0.127 e. The Labute approximate surface area is 221 Å². The maximum atomic E-state index is 6.41. The highest BCUT2D eigenvalue weighted by atomic mass is 32.1. The molecule has 3 aromatic carbocycles. The fourth-order valence-electron chi connectivity index (χ4n) is 4.38. The predicted molar refractivity (Wildman–Crippen MR) is 158 cm³/mol. The third-order valence-electron chi connectivity index (χ3n) is 6.68. The van der Waals surface area contributed by atoms with E-state index in [0.717, 1.165) is 47.6 Å². The summed E-state index contributed by atoms with van der Waals surface area (Å²) in [5.74, 6) is 3.54. The van der Waals surface area contributed by atoms with E-state index in [0.29, 0.717) is 24.4 Å². The van der Waals surface area contributed by atoms with E-state index in [2.05, 4.69) is 96.7 Å². The van der Waals surface area contributed by atoms with E-state index >= 15 is 0 Å². The third-order valence-corrected chi connectivity index (χ3v) is 7.79. The topological polar surface area (TPSA) is 18.5 Å². The average Bonchev–Trinajstić information content (AvgIpc) is 3.19. The fourth-order valence-corrected chi connectivity index (χ4v) is 5.54. The molecule has 0 aliphatic rings. The van der Waals surface area contributed by atoms with Crippen molar-refractivity contribution in [2.24, 2.45) is 11.8 Å². The van der Waals surface area contributed by atoms with E-state index in [1.807, 2.05) is 17.4 Å². The van der Waals surface area contributed by atoms with E-state index < -0.39 is 0 Å². The number of ether oxygens (including phenoxy) is 2. The minimum Gasteiger partial charge on any atom is -0.493 e. The van der Waals surface area contributed by atoms with E-state index in [-0.39, 0.29) is 0 Å². The van der Waals surface area contributed by atoms with Crippen molar-refractivity contribution in [3.05, 3.63) is 77.9 Å². The van der Waals surface area contributed by atoms with Crippen LogP contribution in [-0.4, -0.2) is 13.2 Å². The Kier molecular flexibility index (Phi) is 8.41. The van der Waals surface area contributed by atoms with Gasteiger partial charge in [0.1, 0.15) is 11.5 Å². The van der Waals surface area contributed by atoms with E-state index in [1.54, 1.807) is 0 Å². The number of benzene rings is 3. The highest BCUT2D eigenvalue weighted by Gasteiger charge is 2.18. The van der Waals surface area contributed by atoms with Crippen molar-refractivity contribution < 1.29 is 9.47 Å². The summed E-state index contributed by atoms with van der Waals surface area (Å²) in [5, 5.41) is 2.47. The van der Waals surface area contributed by atoms with Crippen LogP contribution < -0.4 is 9.47 Å². The molecule has 3 heteroatoms. The van der Waals surface area contributed by atoms with Crippen LogP contribution >= 0.6 is 11.3 Å². The Hall–Kier alpha value is -2.78. The van der Waals surface area contributed by atoms with Gasteiger partial charge in [-0.3, -0.25) is 0 Å². The van der Waals surface area contributed by atoms with Gasteiger partial charge in [0.05, 0.1) is 13.2 Å². The molecule has 0 radical (unpaired) electrons. The Morgan fingerprint density at radius 1 is 0.750 bits per heavy atom. The first-order valence-electron chi connectivity index (χ1n) is 13.3. The molecule has 0 unspecified atom stereocenters. The summed E-state index contributed by atoms with van der Waals surface area (Å²) in [4.78, 5) is 0. The van der Waals surface area contributed by atoms with Crippen molar-refractivity contribution >= 4 is 37.1 Å². The number of hydrogen-bond donors (Lipinski definition) is 0. The molecule has 190 valence electrons. The quantitative estimate of drug-likeness (QED) is 0.204. The summed E-state index contributed by atoms with van der Waals surface area (Å²) < 4.78 is 15.3. The molecule has 0 saturated carbocycles. The second kappa shape index (κ2) is 11.5. The average molecular weight is 501 g/mol. The molecule has 36 heavy (non-hydrogen) atoms. The zero-order valence-corrected chi connectivity index (χ0v) is 23.5. The molecule has 0 saturated heterocycles. The number of hydrogen-bond acceptors (Lipinski definition) is 3. The molecule has 0 spiro atoms. The van der Waals surface area contributed by atoms with Crippen molar-refractivity contribution in [1.29, 1.82) is 0 Å². The molecule has 4 rings (SSSR count). The van der Waals surface area contributed by atoms with Gasteiger partial charge in [-0.05, 0) is 71.6 Å². The highest BCUT2D eigenvalue weighted by Crippen LogP contribution is 2.44. The molecule has 0 N–H and O–H groups in total. The lowest BCUT2D eigenvalue weighted by atomic mass is 9.96. The summed E-state index contributed by atoms with van der Waals surface area (Å²) in [6, 6.07) is 19.5. The summed E-state index contributed by atoms with van der Waals surface area (Å²) in [6.45, 7) is 19.3. The van der Waals surface area contributed by atoms with E-state index in [1.165, 1.54) is 25.7 Å². The third kappa shape index (κ3) is 5.95. The number of thiophene rings is 1. The number of rotatable bonds is 11. The van der Waals surface area contributed by atoms with Gasteiger partial charge in [-0.1, -0.05) is 78.5 Å². The molecular formula is C33H40O2S. The molecule has 0 aliphatic carbocycles. The van der Waals surface area contributed by atoms with Crippen LogP contribution in [0.25, 0.3) is 25.7 Å². The minimum absolute atomic E-state index is 0.400. The van der Waals surface area contributed by atoms with Crippen LogP contribution in [0.2, 0.25) is 0 Å². The summed E-state index contributed by atoms with van der Waals surface area (Å²) in [7, 11) is 0. The van der Waals surface area contributed by atoms with Crippen LogP contribution in [0.3, 0.4) is 0 Å². The van der Waals surface area contributed by atoms with Crippen LogP contribution in [0.4, 0.5) is 0 Å². The minimum atomic E-state index is 0.400. The Bertz CT molecular complexity index is 1330. The van der Waals surface area contributed by atoms with Gasteiger partial charge in [-0.25, -0.2) is 0 Å². The van der Waals surface area contributed by atoms with Gasteiger partial charge in [0, 0.05) is 25.7 Å². The summed E-state index contributed by atoms with van der Waals surface area (Å²) in [6.07, 6.45) is 2.07. The normalized spacial score (nSPS) is 11.8. The molecular weight excluding hydrogens is 460 g/mol. The molecule has 0 amide bonds. The maximum Gasteiger partial charge on any atom is 0.127 e. The van der Waals surface area contributed by atoms with Gasteiger partial charge in [-0.2, -0.15) is 0 Å². The predicted octanol–water partition coefficient (Wildman–Crippen LogP) is 10.1. The van der Waals surface area contributed by atoms with Crippen LogP contribution in [0.1, 0.15) is 77.0 Å². The van der Waals surface area contributed by atoms with Gasteiger partial charge in [-0.15, -0.1) is 11.3 Å². The van der Waals surface area contributed by atoms with Crippen LogP contribution in [0.15, 0.2) is 61.2 Å². The van der Waals surface area contributed by atoms with Crippen LogP contribution in [0.5, 0.6) is 11.5 Å². The summed E-state index contributed by atoms with van der Waals surface area (Å²) >= 11 is 1.84. The van der Waals surface area contributed by atoms with Gasteiger partial charge in [0.25, 0.3) is 0 Å². The standard InChI is InChI=1S/C33H40O2S/c1-21(2)13-15-34-30-17-28-29-18-31(35-16-14-22(3)4)27(24(7)25-11-9-8-10-12-25)20-33(29)36-32(28)19-26(30)23(5)6/h8-12,17-23H,7,13-16H2,1-6H3. The zero-order chi connectivity index (χ0) is 25.8. The molecule has 1 heterocycles. The first kappa shape index (κ1) is 26.3. The maximum absolute atomic E-state index is 6.41. The largest absolute Gasteiger partial charge is 0.493 e.